The third-order valence-electron chi connectivity index (χ3n) is 2.07. The fourth-order valence-corrected chi connectivity index (χ4v) is 1.23. The van der Waals surface area contributed by atoms with Crippen molar-refractivity contribution in [1.29, 1.82) is 0 Å². The molecule has 0 spiro atoms. The van der Waals surface area contributed by atoms with Crippen LogP contribution in [0.2, 0.25) is 0 Å². The number of halogens is 1. The molecule has 0 bridgehead atoms. The van der Waals surface area contributed by atoms with Crippen LogP contribution in [0.3, 0.4) is 0 Å². The average Bonchev–Trinajstić information content (AvgIpc) is 2.39. The van der Waals surface area contributed by atoms with Gasteiger partial charge < -0.3 is 14.2 Å². The zero-order chi connectivity index (χ0) is 14.4. The Morgan fingerprint density at radius 2 is 2.21 bits per heavy atom. The Labute approximate surface area is 108 Å². The average molecular weight is 273 g/mol. The Bertz CT molecular complexity index is 478. The van der Waals surface area contributed by atoms with Gasteiger partial charge in [-0.1, -0.05) is 0 Å². The van der Waals surface area contributed by atoms with E-state index in [9.17, 15) is 19.3 Å². The van der Waals surface area contributed by atoms with Crippen molar-refractivity contribution in [3.05, 3.63) is 28.3 Å². The summed E-state index contributed by atoms with van der Waals surface area (Å²) >= 11 is 0. The summed E-state index contributed by atoms with van der Waals surface area (Å²) < 4.78 is 27.1. The van der Waals surface area contributed by atoms with Crippen LogP contribution in [0, 0.1) is 10.1 Å². The molecule has 0 fully saturated rings. The van der Waals surface area contributed by atoms with E-state index in [1.807, 2.05) is 0 Å². The molecule has 7 nitrogen and oxygen atoms in total. The monoisotopic (exact) mass is 273 g/mol. The van der Waals surface area contributed by atoms with Crippen LogP contribution >= 0.6 is 0 Å². The van der Waals surface area contributed by atoms with E-state index in [2.05, 4.69) is 9.47 Å². The van der Waals surface area contributed by atoms with Gasteiger partial charge in [-0.2, -0.15) is 4.39 Å². The van der Waals surface area contributed by atoms with Gasteiger partial charge in [-0.25, -0.2) is 4.79 Å². The van der Waals surface area contributed by atoms with Crippen molar-refractivity contribution in [3.8, 4) is 11.5 Å². The number of esters is 1. The van der Waals surface area contributed by atoms with Gasteiger partial charge >= 0.3 is 18.0 Å². The SMILES string of the molecule is CCOC(=O)C(F)Oc1ccc(OC)cc1[N+](=O)[O-]. The second-order valence-corrected chi connectivity index (χ2v) is 3.28. The topological polar surface area (TPSA) is 87.9 Å². The molecule has 0 heterocycles. The molecule has 0 saturated carbocycles. The molecule has 0 radical (unpaired) electrons. The van der Waals surface area contributed by atoms with E-state index in [-0.39, 0.29) is 18.1 Å². The first kappa shape index (κ1) is 14.7. The lowest BCUT2D eigenvalue weighted by Crippen LogP contribution is -2.25. The molecule has 0 aliphatic carbocycles. The predicted octanol–water partition coefficient (Wildman–Crippen LogP) is 1.84. The number of carbonyl (C=O) groups is 1. The minimum Gasteiger partial charge on any atom is -0.496 e. The Hall–Kier alpha value is -2.38. The van der Waals surface area contributed by atoms with E-state index in [0.717, 1.165) is 12.1 Å². The van der Waals surface area contributed by atoms with Crippen LogP contribution in [-0.4, -0.2) is 31.0 Å². The van der Waals surface area contributed by atoms with Crippen LogP contribution < -0.4 is 9.47 Å². The van der Waals surface area contributed by atoms with Crippen LogP contribution in [0.25, 0.3) is 0 Å². The highest BCUT2D eigenvalue weighted by Gasteiger charge is 2.25. The van der Waals surface area contributed by atoms with Crippen molar-refractivity contribution < 1.29 is 28.3 Å². The lowest BCUT2D eigenvalue weighted by Gasteiger charge is -2.11. The Balaban J connectivity index is 2.94. The van der Waals surface area contributed by atoms with Gasteiger partial charge in [0.15, 0.2) is 0 Å². The quantitative estimate of drug-likeness (QED) is 0.446. The molecular formula is C11H12FNO6. The third-order valence-corrected chi connectivity index (χ3v) is 2.07. The summed E-state index contributed by atoms with van der Waals surface area (Å²) in [6.45, 7) is 1.48. The number of ether oxygens (including phenoxy) is 3. The standard InChI is InChI=1S/C11H12FNO6/c1-3-18-11(14)10(12)19-9-5-4-7(17-2)6-8(9)13(15)16/h4-6,10H,3H2,1-2H3. The lowest BCUT2D eigenvalue weighted by atomic mass is 10.3. The van der Waals surface area contributed by atoms with Crippen molar-refractivity contribution in [2.45, 2.75) is 13.3 Å². The zero-order valence-corrected chi connectivity index (χ0v) is 10.3. The molecule has 0 saturated heterocycles. The number of benzene rings is 1. The van der Waals surface area contributed by atoms with Crippen molar-refractivity contribution in [1.82, 2.24) is 0 Å². The molecule has 0 aliphatic heterocycles. The van der Waals surface area contributed by atoms with Crippen LogP contribution in [0.1, 0.15) is 6.92 Å². The molecule has 0 aromatic heterocycles. The normalized spacial score (nSPS) is 11.5. The zero-order valence-electron chi connectivity index (χ0n) is 10.3. The second kappa shape index (κ2) is 6.53. The van der Waals surface area contributed by atoms with Crippen LogP contribution in [0.4, 0.5) is 10.1 Å². The van der Waals surface area contributed by atoms with Gasteiger partial charge in [-0.15, -0.1) is 0 Å². The molecule has 19 heavy (non-hydrogen) atoms. The predicted molar refractivity (Wildman–Crippen MR) is 61.8 cm³/mol. The number of methoxy groups -OCH3 is 1. The first-order valence-corrected chi connectivity index (χ1v) is 5.29. The van der Waals surface area contributed by atoms with Crippen LogP contribution in [-0.2, 0) is 9.53 Å². The van der Waals surface area contributed by atoms with Gasteiger partial charge in [0.2, 0.25) is 5.75 Å². The summed E-state index contributed by atoms with van der Waals surface area (Å²) in [6, 6.07) is 3.55. The van der Waals surface area contributed by atoms with Gasteiger partial charge in [0, 0.05) is 0 Å². The van der Waals surface area contributed by atoms with Crippen molar-refractivity contribution >= 4 is 11.7 Å². The summed E-state index contributed by atoms with van der Waals surface area (Å²) in [7, 11) is 1.33. The molecule has 1 aromatic rings. The van der Waals surface area contributed by atoms with E-state index in [1.165, 1.54) is 20.1 Å². The molecule has 1 rings (SSSR count). The maximum Gasteiger partial charge on any atom is 0.381 e. The number of nitro benzene ring substituents is 1. The molecule has 0 N–H and O–H groups in total. The summed E-state index contributed by atoms with van der Waals surface area (Å²) in [6.07, 6.45) is -2.42. The fraction of sp³-hybridized carbons (Fsp3) is 0.364. The highest BCUT2D eigenvalue weighted by Crippen LogP contribution is 2.31. The summed E-state index contributed by atoms with van der Waals surface area (Å²) in [5.74, 6) is -1.41. The van der Waals surface area contributed by atoms with Crippen molar-refractivity contribution in [3.63, 3.8) is 0 Å². The maximum atomic E-state index is 13.3. The number of nitro groups is 1. The molecule has 1 unspecified atom stereocenters. The van der Waals surface area contributed by atoms with Crippen molar-refractivity contribution in [2.75, 3.05) is 13.7 Å². The first-order chi connectivity index (χ1) is 8.99. The minimum absolute atomic E-state index is 0.0205. The van der Waals surface area contributed by atoms with Crippen LogP contribution in [0.15, 0.2) is 18.2 Å². The number of hydrogen-bond donors (Lipinski definition) is 0. The van der Waals surface area contributed by atoms with Crippen molar-refractivity contribution in [2.24, 2.45) is 0 Å². The van der Waals surface area contributed by atoms with E-state index < -0.39 is 22.9 Å². The number of hydrogen-bond acceptors (Lipinski definition) is 6. The third kappa shape index (κ3) is 3.80. The molecule has 8 heteroatoms. The molecule has 104 valence electrons. The summed E-state index contributed by atoms with van der Waals surface area (Å²) in [4.78, 5) is 21.1. The fourth-order valence-electron chi connectivity index (χ4n) is 1.23. The Morgan fingerprint density at radius 3 is 2.74 bits per heavy atom. The molecular weight excluding hydrogens is 261 g/mol. The number of nitrogens with zero attached hydrogens (tertiary/aromatic N) is 1. The van der Waals surface area contributed by atoms with Gasteiger partial charge in [0.1, 0.15) is 5.75 Å². The Kier molecular flexibility index (Phi) is 5.04. The van der Waals surface area contributed by atoms with E-state index >= 15 is 0 Å². The molecule has 0 aliphatic rings. The molecule has 1 atom stereocenters. The second-order valence-electron chi connectivity index (χ2n) is 3.28. The van der Waals surface area contributed by atoms with Gasteiger partial charge in [-0.3, -0.25) is 10.1 Å². The summed E-state index contributed by atoms with van der Waals surface area (Å²) in [5.41, 5.74) is -0.508. The molecule has 0 amide bonds. The van der Waals surface area contributed by atoms with E-state index in [0.29, 0.717) is 0 Å². The number of rotatable bonds is 6. The van der Waals surface area contributed by atoms with E-state index in [1.54, 1.807) is 0 Å². The highest BCUT2D eigenvalue weighted by molar-refractivity contribution is 5.73. The Morgan fingerprint density at radius 1 is 1.53 bits per heavy atom. The molecule has 1 aromatic carbocycles. The van der Waals surface area contributed by atoms with Gasteiger partial charge in [0.25, 0.3) is 0 Å². The first-order valence-electron chi connectivity index (χ1n) is 5.29. The van der Waals surface area contributed by atoms with Gasteiger partial charge in [0.05, 0.1) is 24.7 Å². The lowest BCUT2D eigenvalue weighted by molar-refractivity contribution is -0.386. The van der Waals surface area contributed by atoms with Gasteiger partial charge in [-0.05, 0) is 19.1 Å². The summed E-state index contributed by atoms with van der Waals surface area (Å²) in [5, 5.41) is 10.8. The largest absolute Gasteiger partial charge is 0.496 e. The van der Waals surface area contributed by atoms with E-state index in [4.69, 9.17) is 4.74 Å². The number of alkyl halides is 1. The number of carbonyl (C=O) groups excluding carboxylic acids is 1. The minimum atomic E-state index is -2.42. The maximum absolute atomic E-state index is 13.3. The smallest absolute Gasteiger partial charge is 0.381 e. The highest BCUT2D eigenvalue weighted by atomic mass is 19.1. The van der Waals surface area contributed by atoms with Crippen LogP contribution in [0.5, 0.6) is 11.5 Å².